The third-order valence-electron chi connectivity index (χ3n) is 2.54. The molecule has 92 valence electrons. The molecular weight excluding hydrogens is 252 g/mol. The lowest BCUT2D eigenvalue weighted by Crippen LogP contribution is -2.41. The van der Waals surface area contributed by atoms with Crippen molar-refractivity contribution in [1.82, 2.24) is 4.90 Å². The molecule has 0 N–H and O–H groups in total. The first-order valence-corrected chi connectivity index (χ1v) is 5.49. The number of benzene rings is 1. The molecule has 1 aliphatic heterocycles. The van der Waals surface area contributed by atoms with E-state index in [9.17, 15) is 13.6 Å². The van der Waals surface area contributed by atoms with Gasteiger partial charge in [0.05, 0.1) is 23.8 Å². The van der Waals surface area contributed by atoms with Crippen LogP contribution in [0.3, 0.4) is 0 Å². The number of morpholine rings is 1. The first kappa shape index (κ1) is 12.3. The lowest BCUT2D eigenvalue weighted by Gasteiger charge is -2.27. The smallest absolute Gasteiger partial charge is 0.257 e. The van der Waals surface area contributed by atoms with Crippen LogP contribution in [0.2, 0.25) is 5.02 Å². The van der Waals surface area contributed by atoms with Gasteiger partial charge in [0.1, 0.15) is 11.6 Å². The van der Waals surface area contributed by atoms with Gasteiger partial charge in [0, 0.05) is 13.1 Å². The van der Waals surface area contributed by atoms with Crippen molar-refractivity contribution in [2.45, 2.75) is 0 Å². The Kier molecular flexibility index (Phi) is 3.59. The number of carbonyl (C=O) groups excluding carboxylic acids is 1. The highest BCUT2D eigenvalue weighted by Gasteiger charge is 2.22. The molecule has 17 heavy (non-hydrogen) atoms. The van der Waals surface area contributed by atoms with Gasteiger partial charge in [0.2, 0.25) is 0 Å². The molecule has 0 radical (unpaired) electrons. The summed E-state index contributed by atoms with van der Waals surface area (Å²) in [6, 6.07) is 1.64. The number of amides is 1. The van der Waals surface area contributed by atoms with E-state index in [4.69, 9.17) is 16.3 Å². The lowest BCUT2D eigenvalue weighted by molar-refractivity contribution is 0.0299. The van der Waals surface area contributed by atoms with Crippen molar-refractivity contribution in [1.29, 1.82) is 0 Å². The highest BCUT2D eigenvalue weighted by molar-refractivity contribution is 6.30. The van der Waals surface area contributed by atoms with Gasteiger partial charge < -0.3 is 9.64 Å². The number of nitrogens with zero attached hydrogens (tertiary/aromatic N) is 1. The Bertz CT molecular complexity index is 447. The second-order valence-corrected chi connectivity index (χ2v) is 4.06. The van der Waals surface area contributed by atoms with Crippen LogP contribution < -0.4 is 0 Å². The average Bonchev–Trinajstić information content (AvgIpc) is 2.34. The molecule has 1 heterocycles. The molecule has 1 aromatic carbocycles. The quantitative estimate of drug-likeness (QED) is 0.725. The molecule has 1 aliphatic rings. The summed E-state index contributed by atoms with van der Waals surface area (Å²) in [6.07, 6.45) is 0. The van der Waals surface area contributed by atoms with Crippen LogP contribution >= 0.6 is 11.6 Å². The van der Waals surface area contributed by atoms with Gasteiger partial charge in [-0.25, -0.2) is 8.78 Å². The maximum absolute atomic E-state index is 13.5. The average molecular weight is 262 g/mol. The highest BCUT2D eigenvalue weighted by atomic mass is 35.5. The van der Waals surface area contributed by atoms with Crippen molar-refractivity contribution >= 4 is 17.5 Å². The fourth-order valence-corrected chi connectivity index (χ4v) is 1.77. The van der Waals surface area contributed by atoms with Crippen LogP contribution in [0.15, 0.2) is 12.1 Å². The number of carbonyl (C=O) groups is 1. The molecule has 2 rings (SSSR count). The fourth-order valence-electron chi connectivity index (χ4n) is 1.62. The molecule has 1 amide bonds. The van der Waals surface area contributed by atoms with Gasteiger partial charge in [0.15, 0.2) is 0 Å². The summed E-state index contributed by atoms with van der Waals surface area (Å²) in [5.74, 6) is -2.15. The Morgan fingerprint density at radius 3 is 2.53 bits per heavy atom. The molecule has 0 aromatic heterocycles. The Hall–Kier alpha value is -1.20. The van der Waals surface area contributed by atoms with E-state index in [1.165, 1.54) is 4.90 Å². The van der Waals surface area contributed by atoms with Crippen molar-refractivity contribution in [2.75, 3.05) is 26.3 Å². The molecule has 6 heteroatoms. The molecule has 0 bridgehead atoms. The van der Waals surface area contributed by atoms with Gasteiger partial charge in [-0.2, -0.15) is 0 Å². The first-order valence-electron chi connectivity index (χ1n) is 5.11. The molecule has 0 atom stereocenters. The van der Waals surface area contributed by atoms with E-state index in [0.29, 0.717) is 26.3 Å². The van der Waals surface area contributed by atoms with Crippen LogP contribution in [0.4, 0.5) is 8.78 Å². The van der Waals surface area contributed by atoms with Gasteiger partial charge in [-0.15, -0.1) is 0 Å². The van der Waals surface area contributed by atoms with Crippen LogP contribution in [0.5, 0.6) is 0 Å². The van der Waals surface area contributed by atoms with Crippen molar-refractivity contribution in [3.05, 3.63) is 34.4 Å². The van der Waals surface area contributed by atoms with Crippen molar-refractivity contribution in [3.8, 4) is 0 Å². The summed E-state index contributed by atoms with van der Waals surface area (Å²) in [6.45, 7) is 1.57. The molecule has 3 nitrogen and oxygen atoms in total. The number of hydrogen-bond donors (Lipinski definition) is 0. The van der Waals surface area contributed by atoms with Gasteiger partial charge in [-0.3, -0.25) is 4.79 Å². The molecule has 0 spiro atoms. The van der Waals surface area contributed by atoms with Crippen molar-refractivity contribution in [3.63, 3.8) is 0 Å². The molecule has 1 aromatic rings. The monoisotopic (exact) mass is 261 g/mol. The molecule has 0 aliphatic carbocycles. The SMILES string of the molecule is O=C(c1cc(F)c(Cl)cc1F)N1CCOCC1. The molecular formula is C11H10ClF2NO2. The summed E-state index contributed by atoms with van der Waals surface area (Å²) < 4.78 is 31.8. The predicted octanol–water partition coefficient (Wildman–Crippen LogP) is 2.09. The van der Waals surface area contributed by atoms with Gasteiger partial charge in [0.25, 0.3) is 5.91 Å². The number of ether oxygens (including phenoxy) is 1. The van der Waals surface area contributed by atoms with Crippen molar-refractivity contribution < 1.29 is 18.3 Å². The lowest BCUT2D eigenvalue weighted by atomic mass is 10.1. The van der Waals surface area contributed by atoms with E-state index in [1.54, 1.807) is 0 Å². The summed E-state index contributed by atoms with van der Waals surface area (Å²) in [5, 5.41) is -0.332. The first-order chi connectivity index (χ1) is 8.09. The van der Waals surface area contributed by atoms with Crippen molar-refractivity contribution in [2.24, 2.45) is 0 Å². The Labute approximate surface area is 102 Å². The Morgan fingerprint density at radius 1 is 1.24 bits per heavy atom. The molecule has 1 fully saturated rings. The minimum absolute atomic E-state index is 0.297. The summed E-state index contributed by atoms with van der Waals surface area (Å²) in [4.78, 5) is 13.3. The predicted molar refractivity (Wildman–Crippen MR) is 58.1 cm³/mol. The minimum Gasteiger partial charge on any atom is -0.378 e. The fraction of sp³-hybridized carbons (Fsp3) is 0.364. The summed E-state index contributed by atoms with van der Waals surface area (Å²) >= 11 is 5.42. The topological polar surface area (TPSA) is 29.5 Å². The second kappa shape index (κ2) is 4.98. The number of hydrogen-bond acceptors (Lipinski definition) is 2. The van der Waals surface area contributed by atoms with Crippen LogP contribution in [0.25, 0.3) is 0 Å². The Balaban J connectivity index is 2.26. The zero-order valence-corrected chi connectivity index (χ0v) is 9.64. The van der Waals surface area contributed by atoms with Crippen LogP contribution in [-0.2, 0) is 4.74 Å². The van der Waals surface area contributed by atoms with Gasteiger partial charge in [-0.1, -0.05) is 11.6 Å². The van der Waals surface area contributed by atoms with E-state index in [2.05, 4.69) is 0 Å². The summed E-state index contributed by atoms with van der Waals surface area (Å²) in [7, 11) is 0. The number of rotatable bonds is 1. The highest BCUT2D eigenvalue weighted by Crippen LogP contribution is 2.20. The maximum Gasteiger partial charge on any atom is 0.257 e. The molecule has 0 saturated carbocycles. The minimum atomic E-state index is -0.812. The summed E-state index contributed by atoms with van der Waals surface area (Å²) in [5.41, 5.74) is -0.297. The maximum atomic E-state index is 13.5. The third-order valence-corrected chi connectivity index (χ3v) is 2.83. The zero-order chi connectivity index (χ0) is 12.4. The van der Waals surface area contributed by atoms with E-state index in [0.717, 1.165) is 12.1 Å². The van der Waals surface area contributed by atoms with Crippen LogP contribution in [0.1, 0.15) is 10.4 Å². The van der Waals surface area contributed by atoms with Crippen LogP contribution in [-0.4, -0.2) is 37.1 Å². The van der Waals surface area contributed by atoms with E-state index < -0.39 is 17.5 Å². The van der Waals surface area contributed by atoms with E-state index in [-0.39, 0.29) is 10.6 Å². The third kappa shape index (κ3) is 2.56. The van der Waals surface area contributed by atoms with Crippen LogP contribution in [0, 0.1) is 11.6 Å². The van der Waals surface area contributed by atoms with Gasteiger partial charge in [-0.05, 0) is 12.1 Å². The van der Waals surface area contributed by atoms with E-state index in [1.807, 2.05) is 0 Å². The normalized spacial score (nSPS) is 16.1. The van der Waals surface area contributed by atoms with Gasteiger partial charge >= 0.3 is 0 Å². The molecule has 1 saturated heterocycles. The standard InChI is InChI=1S/C11H10ClF2NO2/c12-8-6-9(13)7(5-10(8)14)11(16)15-1-3-17-4-2-15/h5-6H,1-4H2. The zero-order valence-electron chi connectivity index (χ0n) is 8.88. The molecule has 0 unspecified atom stereocenters. The largest absolute Gasteiger partial charge is 0.378 e. The van der Waals surface area contributed by atoms with E-state index >= 15 is 0 Å². The Morgan fingerprint density at radius 2 is 1.88 bits per heavy atom. The second-order valence-electron chi connectivity index (χ2n) is 3.65. The number of halogens is 3.